The minimum Gasteiger partial charge on any atom is -0.334 e. The molecule has 8 aliphatic heterocycles. The van der Waals surface area contributed by atoms with Crippen molar-refractivity contribution >= 4 is 54.3 Å². The molecule has 0 saturated carbocycles. The molecule has 0 aromatic carbocycles. The minimum absolute atomic E-state index is 0.0370. The maximum Gasteiger partial charge on any atom is 0.320 e. The summed E-state index contributed by atoms with van der Waals surface area (Å²) in [5, 5.41) is 14.7. The predicted octanol–water partition coefficient (Wildman–Crippen LogP) is 3.87. The molecular weight excluding hydrogens is 937 g/mol. The van der Waals surface area contributed by atoms with Gasteiger partial charge in [-0.1, -0.05) is 6.92 Å². The van der Waals surface area contributed by atoms with Crippen LogP contribution in [0.25, 0.3) is 0 Å². The van der Waals surface area contributed by atoms with Gasteiger partial charge >= 0.3 is 24.1 Å². The average molecular weight is 1040 g/mol. The zero-order valence-corrected chi connectivity index (χ0v) is 49.2. The summed E-state index contributed by atoms with van der Waals surface area (Å²) in [5.41, 5.74) is 5.52. The molecule has 16 atom stereocenters. The van der Waals surface area contributed by atoms with E-state index in [1.165, 1.54) is 0 Å². The van der Waals surface area contributed by atoms with Gasteiger partial charge in [-0.2, -0.15) is 11.0 Å². The highest BCUT2D eigenvalue weighted by molar-refractivity contribution is 7.95. The van der Waals surface area contributed by atoms with E-state index in [9.17, 15) is 24.0 Å². The third kappa shape index (κ3) is 18.5. The lowest BCUT2D eigenvalue weighted by atomic mass is 10.1. The largest absolute Gasteiger partial charge is 0.334 e. The Morgan fingerprint density at radius 1 is 0.400 bits per heavy atom. The standard InChI is InChI=1S/2C7H14N2O.2C6H12N2O.C6H14N2S.C5H10N2O.C5H12N2S.C4H10N2O/c1-5-6(2)9(4)7(10)8(5)3;1-5-6(2)8(3)9(4)7(5)10;2*1-4-5(2)8(3)6(9)7-4;1-5-6(2)8(4)9-7(5)3;1-3-4(2)7-5(8)6-3;1-4-5(2)7(3)8-6-4;1-3-4(2)6-7-5-3/h2*5-6H,1-4H3;2*4-5H,1-3H3,(H,7,9);5-6H,1-4H3;3-4H,1-2H3,(H2,6,7,8);4-6H,1-3H3;3-6H,1-2H3. The van der Waals surface area contributed by atoms with E-state index in [0.29, 0.717) is 78.5 Å². The van der Waals surface area contributed by atoms with E-state index in [4.69, 9.17) is 0 Å². The Hall–Kier alpha value is -3.07. The zero-order chi connectivity index (χ0) is 54.4. The number of hydrogen-bond donors (Lipinski definition) is 7. The van der Waals surface area contributed by atoms with Crippen molar-refractivity contribution in [1.29, 1.82) is 0 Å². The molecule has 8 fully saturated rings. The molecule has 0 aliphatic carbocycles. The molecule has 9 amide bonds. The second kappa shape index (κ2) is 29.6. The molecule has 22 nitrogen and oxygen atoms in total. The fraction of sp³-hybridized carbons (Fsp3) is 0.891. The minimum atomic E-state index is -0.0509. The lowest BCUT2D eigenvalue weighted by Crippen LogP contribution is -2.35. The zero-order valence-electron chi connectivity index (χ0n) is 47.5. The average Bonchev–Trinajstić information content (AvgIpc) is 4.15. The van der Waals surface area contributed by atoms with Gasteiger partial charge in [0, 0.05) is 133 Å². The first-order valence-corrected chi connectivity index (χ1v) is 26.3. The van der Waals surface area contributed by atoms with Gasteiger partial charge < -0.3 is 40.9 Å². The van der Waals surface area contributed by atoms with Crippen LogP contribution >= 0.6 is 24.3 Å². The van der Waals surface area contributed by atoms with Gasteiger partial charge in [0.15, 0.2) is 0 Å². The van der Waals surface area contributed by atoms with Crippen molar-refractivity contribution in [2.24, 2.45) is 5.92 Å². The molecule has 16 unspecified atom stereocenters. The summed E-state index contributed by atoms with van der Waals surface area (Å²) in [4.78, 5) is 66.1. The molecular formula is C46H98N16O6S2. The SMILES string of the molecule is CC1C(=O)N(C)N(C)C1C.CC1C(C)N(C)C(=O)N1C.CC1C(C)N(C)SN1C.CC1NC(=O)N(C)C1C.CC1NC(=O)N(C)C1C.CC1NC(=O)NC1C.CC1NONC1C.CC1NSN(C)C1C. The first-order valence-electron chi connectivity index (χ1n) is 24.8. The second-order valence-electron chi connectivity index (χ2n) is 20.2. The Labute approximate surface area is 431 Å². The number of nitrogens with zero attached hydrogens (tertiary/aromatic N) is 9. The van der Waals surface area contributed by atoms with Gasteiger partial charge in [0.1, 0.15) is 0 Å². The number of nitrogens with one attached hydrogen (secondary N) is 7. The van der Waals surface area contributed by atoms with E-state index in [-0.39, 0.29) is 48.0 Å². The predicted molar refractivity (Wildman–Crippen MR) is 286 cm³/mol. The normalized spacial score (nSPS) is 37.1. The van der Waals surface area contributed by atoms with Gasteiger partial charge in [-0.3, -0.25) is 9.80 Å². The third-order valence-corrected chi connectivity index (χ3v) is 17.8. The highest BCUT2D eigenvalue weighted by Gasteiger charge is 2.37. The second-order valence-corrected chi connectivity index (χ2v) is 22.5. The molecule has 0 aromatic heterocycles. The van der Waals surface area contributed by atoms with Gasteiger partial charge in [0.25, 0.3) is 0 Å². The number of carbonyl (C=O) groups excluding carboxylic acids is 5. The van der Waals surface area contributed by atoms with Crippen molar-refractivity contribution < 1.29 is 28.9 Å². The van der Waals surface area contributed by atoms with E-state index < -0.39 is 0 Å². The van der Waals surface area contributed by atoms with Crippen molar-refractivity contribution in [2.75, 3.05) is 63.4 Å². The number of carbonyl (C=O) groups is 5. The van der Waals surface area contributed by atoms with Crippen LogP contribution < -0.4 is 36.9 Å². The van der Waals surface area contributed by atoms with Crippen LogP contribution in [-0.4, -0.2) is 227 Å². The van der Waals surface area contributed by atoms with E-state index in [1.807, 2.05) is 95.8 Å². The topological polar surface area (TPSA) is 208 Å². The van der Waals surface area contributed by atoms with Crippen molar-refractivity contribution in [3.8, 4) is 0 Å². The number of likely N-dealkylation sites (N-methyl/N-ethyl adjacent to an activating group) is 7. The molecule has 8 rings (SSSR count). The van der Waals surface area contributed by atoms with Gasteiger partial charge in [-0.15, -0.1) is 0 Å². The summed E-state index contributed by atoms with van der Waals surface area (Å²) in [6, 6.07) is 6.51. The van der Waals surface area contributed by atoms with Crippen molar-refractivity contribution in [3.63, 3.8) is 0 Å². The lowest BCUT2D eigenvalue weighted by molar-refractivity contribution is -0.136. The number of rotatable bonds is 0. The van der Waals surface area contributed by atoms with Crippen LogP contribution in [0.4, 0.5) is 19.2 Å². The molecule has 0 radical (unpaired) electrons. The van der Waals surface area contributed by atoms with Crippen molar-refractivity contribution in [2.45, 2.75) is 201 Å². The lowest BCUT2D eigenvalue weighted by Gasteiger charge is -2.21. The fourth-order valence-electron chi connectivity index (χ4n) is 7.12. The fourth-order valence-corrected chi connectivity index (χ4v) is 9.06. The van der Waals surface area contributed by atoms with Crippen LogP contribution in [0.5, 0.6) is 0 Å². The first kappa shape index (κ1) is 64.9. The van der Waals surface area contributed by atoms with Crippen LogP contribution in [-0.2, 0) is 9.73 Å². The van der Waals surface area contributed by atoms with E-state index >= 15 is 0 Å². The first-order chi connectivity index (χ1) is 32.2. The molecule has 7 N–H and O–H groups in total. The Morgan fingerprint density at radius 2 is 0.786 bits per heavy atom. The van der Waals surface area contributed by atoms with Gasteiger partial charge in [-0.25, -0.2) is 46.8 Å². The summed E-state index contributed by atoms with van der Waals surface area (Å²) in [5.74, 6) is 0.366. The summed E-state index contributed by atoms with van der Waals surface area (Å²) in [6.07, 6.45) is 0. The summed E-state index contributed by atoms with van der Waals surface area (Å²) in [6.45, 7) is 33.2. The highest BCUT2D eigenvalue weighted by Crippen LogP contribution is 2.29. The molecule has 8 aliphatic rings. The Bertz CT molecular complexity index is 1510. The molecule has 0 bridgehead atoms. The van der Waals surface area contributed by atoms with Crippen molar-refractivity contribution in [3.05, 3.63) is 0 Å². The number of hydrazine groups is 1. The van der Waals surface area contributed by atoms with Crippen LogP contribution in [0.15, 0.2) is 0 Å². The monoisotopic (exact) mass is 1030 g/mol. The van der Waals surface area contributed by atoms with Gasteiger partial charge in [0.05, 0.1) is 30.1 Å². The Balaban J connectivity index is 0.000000401. The molecule has 8 saturated heterocycles. The third-order valence-electron chi connectivity index (χ3n) is 15.5. The molecule has 70 heavy (non-hydrogen) atoms. The molecule has 0 aromatic rings. The Morgan fingerprint density at radius 3 is 0.886 bits per heavy atom. The number of hydroxylamine groups is 2. The Kier molecular flexibility index (Phi) is 27.4. The smallest absolute Gasteiger partial charge is 0.320 e. The molecule has 410 valence electrons. The van der Waals surface area contributed by atoms with Crippen molar-refractivity contribution in [1.82, 2.24) is 79.5 Å². The maximum atomic E-state index is 11.2. The molecule has 0 spiro atoms. The summed E-state index contributed by atoms with van der Waals surface area (Å²) < 4.78 is 10.1. The summed E-state index contributed by atoms with van der Waals surface area (Å²) in [7, 11) is 17.4. The number of urea groups is 4. The van der Waals surface area contributed by atoms with Gasteiger partial charge in [-0.05, 0) is 125 Å². The van der Waals surface area contributed by atoms with E-state index in [1.54, 1.807) is 48.9 Å². The van der Waals surface area contributed by atoms with Gasteiger partial charge in [0.2, 0.25) is 5.91 Å². The maximum absolute atomic E-state index is 11.2. The van der Waals surface area contributed by atoms with E-state index in [0.717, 1.165) is 0 Å². The number of hydrogen-bond acceptors (Lipinski definition) is 15. The van der Waals surface area contributed by atoms with Crippen LogP contribution in [0, 0.1) is 5.92 Å². The number of amides is 9. The van der Waals surface area contributed by atoms with E-state index in [2.05, 4.69) is 138 Å². The summed E-state index contributed by atoms with van der Waals surface area (Å²) >= 11 is 3.50. The quantitative estimate of drug-likeness (QED) is 0.172. The van der Waals surface area contributed by atoms with Crippen LogP contribution in [0.2, 0.25) is 0 Å². The van der Waals surface area contributed by atoms with Crippen LogP contribution in [0.3, 0.4) is 0 Å². The highest BCUT2D eigenvalue weighted by atomic mass is 32.2. The van der Waals surface area contributed by atoms with Crippen LogP contribution in [0.1, 0.15) is 111 Å². The molecule has 24 heteroatoms. The molecule has 8 heterocycles.